The van der Waals surface area contributed by atoms with Gasteiger partial charge in [-0.05, 0) is 11.0 Å². The molecule has 0 heterocycles. The van der Waals surface area contributed by atoms with Crippen molar-refractivity contribution in [1.82, 2.24) is 0 Å². The summed E-state index contributed by atoms with van der Waals surface area (Å²) in [4.78, 5) is 0. The molecule has 0 saturated carbocycles. The number of hydrogen-bond donors (Lipinski definition) is 0. The molecule has 0 rings (SSSR count). The second-order valence-electron chi connectivity index (χ2n) is 0.0833. The SMILES string of the molecule is C.C.O=[Si]=O.[SiH4]. The maximum absolute atomic E-state index is 8.40. The summed E-state index contributed by atoms with van der Waals surface area (Å²) in [5.74, 6) is 0. The molecule has 0 aromatic carbocycles. The predicted octanol–water partition coefficient (Wildman–Crippen LogP) is -0.798. The lowest BCUT2D eigenvalue weighted by molar-refractivity contribution is 0.497. The van der Waals surface area contributed by atoms with Gasteiger partial charge in [-0.3, -0.25) is 8.92 Å². The molecule has 0 unspecified atom stereocenters. The molecule has 0 aromatic rings. The fourth-order valence-corrected chi connectivity index (χ4v) is 0. The van der Waals surface area contributed by atoms with Gasteiger partial charge in [0.1, 0.15) is 0 Å². The third kappa shape index (κ3) is 32600. The van der Waals surface area contributed by atoms with Crippen molar-refractivity contribution in [3.05, 3.63) is 0 Å². The second kappa shape index (κ2) is 76.6. The quantitative estimate of drug-likeness (QED) is 0.396. The molecule has 0 aliphatic heterocycles. The lowest BCUT2D eigenvalue weighted by Gasteiger charge is -0.944. The average molecular weight is 124 g/mol. The Kier molecular flexibility index (Phi) is 472. The van der Waals surface area contributed by atoms with Gasteiger partial charge < -0.3 is 0 Å². The summed E-state index contributed by atoms with van der Waals surface area (Å²) < 4.78 is 16.8. The highest BCUT2D eigenvalue weighted by Gasteiger charge is 1.22. The van der Waals surface area contributed by atoms with E-state index in [0.717, 1.165) is 0 Å². The van der Waals surface area contributed by atoms with Crippen LogP contribution < -0.4 is 0 Å². The van der Waals surface area contributed by atoms with Crippen LogP contribution in [0.5, 0.6) is 0 Å². The first-order valence-corrected chi connectivity index (χ1v) is 1.22. The van der Waals surface area contributed by atoms with Crippen LogP contribution in [0.2, 0.25) is 0 Å². The van der Waals surface area contributed by atoms with Crippen LogP contribution in [0.25, 0.3) is 0 Å². The van der Waals surface area contributed by atoms with Crippen molar-refractivity contribution in [2.45, 2.75) is 14.9 Å². The Labute approximate surface area is 44.9 Å². The van der Waals surface area contributed by atoms with Crippen LogP contribution in [0.1, 0.15) is 14.9 Å². The molecule has 0 aliphatic carbocycles. The van der Waals surface area contributed by atoms with E-state index in [9.17, 15) is 0 Å². The molecule has 0 N–H and O–H groups in total. The van der Waals surface area contributed by atoms with Crippen LogP contribution >= 0.6 is 0 Å². The molecule has 0 aromatic heterocycles. The van der Waals surface area contributed by atoms with E-state index in [1.807, 2.05) is 0 Å². The molecule has 0 saturated heterocycles. The monoisotopic (exact) mass is 124 g/mol. The molecule has 0 bridgehead atoms. The van der Waals surface area contributed by atoms with Crippen LogP contribution in [0.15, 0.2) is 0 Å². The van der Waals surface area contributed by atoms with Crippen molar-refractivity contribution in [2.24, 2.45) is 0 Å². The van der Waals surface area contributed by atoms with Gasteiger partial charge in [0.2, 0.25) is 0 Å². The van der Waals surface area contributed by atoms with Gasteiger partial charge in [-0.15, -0.1) is 0 Å². The summed E-state index contributed by atoms with van der Waals surface area (Å²) in [5.41, 5.74) is 0. The summed E-state index contributed by atoms with van der Waals surface area (Å²) >= 11 is 0. The summed E-state index contributed by atoms with van der Waals surface area (Å²) in [6, 6.07) is 0. The molecule has 0 spiro atoms. The first kappa shape index (κ1) is 37.0. The molecular weight excluding hydrogens is 112 g/mol. The van der Waals surface area contributed by atoms with Crippen molar-refractivity contribution in [3.63, 3.8) is 0 Å². The van der Waals surface area contributed by atoms with Gasteiger partial charge in [-0.2, -0.15) is 0 Å². The summed E-state index contributed by atoms with van der Waals surface area (Å²) in [7, 11) is -1.42. The molecule has 0 fully saturated rings. The van der Waals surface area contributed by atoms with Gasteiger partial charge in [0.05, 0.1) is 0 Å². The third-order valence-corrected chi connectivity index (χ3v) is 0. The zero-order valence-corrected chi connectivity index (χ0v) is 2.32. The average Bonchev–Trinajstić information content (AvgIpc) is 0.918. The van der Waals surface area contributed by atoms with Crippen LogP contribution in [-0.4, -0.2) is 20.3 Å². The molecule has 0 aliphatic rings. The highest BCUT2D eigenvalue weighted by molar-refractivity contribution is 5.94. The molecule has 0 radical (unpaired) electrons. The number of hydrogen-bond acceptors (Lipinski definition) is 2. The fraction of sp³-hybridized carbons (Fsp3) is 1.00. The summed E-state index contributed by atoms with van der Waals surface area (Å²) in [6.45, 7) is 0. The van der Waals surface area contributed by atoms with E-state index < -0.39 is 9.29 Å². The molecule has 6 heavy (non-hydrogen) atoms. The first-order valence-electron chi connectivity index (χ1n) is 0.408. The van der Waals surface area contributed by atoms with Crippen LogP contribution in [0.3, 0.4) is 0 Å². The van der Waals surface area contributed by atoms with Crippen molar-refractivity contribution >= 4 is 20.3 Å². The number of rotatable bonds is 0. The van der Waals surface area contributed by atoms with E-state index in [1.54, 1.807) is 0 Å². The minimum absolute atomic E-state index is 0. The van der Waals surface area contributed by atoms with Gasteiger partial charge >= 0.3 is 9.29 Å². The van der Waals surface area contributed by atoms with Crippen molar-refractivity contribution in [1.29, 1.82) is 0 Å². The summed E-state index contributed by atoms with van der Waals surface area (Å²) in [6.07, 6.45) is 0. The van der Waals surface area contributed by atoms with E-state index in [-0.39, 0.29) is 25.8 Å². The molecule has 4 heteroatoms. The van der Waals surface area contributed by atoms with E-state index >= 15 is 0 Å². The molecular formula is C2H12O2Si2. The van der Waals surface area contributed by atoms with Gasteiger partial charge in [-0.25, -0.2) is 0 Å². The summed E-state index contributed by atoms with van der Waals surface area (Å²) in [5, 5.41) is 0. The zero-order chi connectivity index (χ0) is 2.71. The minimum Gasteiger partial charge on any atom is -0.274 e. The first-order chi connectivity index (χ1) is 1.41. The van der Waals surface area contributed by atoms with E-state index in [4.69, 9.17) is 8.92 Å². The lowest BCUT2D eigenvalue weighted by Crippen LogP contribution is -1.26. The van der Waals surface area contributed by atoms with Gasteiger partial charge in [0, 0.05) is 0 Å². The van der Waals surface area contributed by atoms with Gasteiger partial charge in [0.25, 0.3) is 0 Å². The minimum atomic E-state index is -1.42. The van der Waals surface area contributed by atoms with E-state index in [1.165, 1.54) is 0 Å². The third-order valence-electron chi connectivity index (χ3n) is 0. The Balaban J connectivity index is -0.00000000667. The Bertz CT molecular complexity index is 30.5. The topological polar surface area (TPSA) is 34.1 Å². The van der Waals surface area contributed by atoms with Gasteiger partial charge in [0.15, 0.2) is 0 Å². The molecule has 0 amide bonds. The molecule has 40 valence electrons. The standard InChI is InChI=1S/2CH4.O2Si.H4Si/c;;1-3-2;/h2*1H4;;1H4. The van der Waals surface area contributed by atoms with Gasteiger partial charge in [-0.1, -0.05) is 14.9 Å². The van der Waals surface area contributed by atoms with E-state index in [2.05, 4.69) is 0 Å². The predicted molar refractivity (Wildman–Crippen MR) is 31.9 cm³/mol. The zero-order valence-electron chi connectivity index (χ0n) is 1.32. The van der Waals surface area contributed by atoms with Crippen LogP contribution in [0.4, 0.5) is 0 Å². The highest BCUT2D eigenvalue weighted by Crippen LogP contribution is 0.759. The van der Waals surface area contributed by atoms with E-state index in [0.29, 0.717) is 0 Å². The smallest absolute Gasteiger partial charge is 0.274 e. The van der Waals surface area contributed by atoms with Crippen molar-refractivity contribution < 1.29 is 8.92 Å². The Morgan fingerprint density at radius 3 is 1.00 bits per heavy atom. The Hall–Kier alpha value is 0.0338. The van der Waals surface area contributed by atoms with Crippen LogP contribution in [-0.2, 0) is 8.92 Å². The van der Waals surface area contributed by atoms with Crippen molar-refractivity contribution in [3.8, 4) is 0 Å². The lowest BCUT2D eigenvalue weighted by atomic mass is 12.0. The largest absolute Gasteiger partial charge is 0.549 e. The second-order valence-corrected chi connectivity index (χ2v) is 0.250. The Morgan fingerprint density at radius 1 is 1.00 bits per heavy atom. The maximum atomic E-state index is 8.40. The Morgan fingerprint density at radius 2 is 1.00 bits per heavy atom. The fourth-order valence-electron chi connectivity index (χ4n) is 0. The highest BCUT2D eigenvalue weighted by atomic mass is 28.2. The van der Waals surface area contributed by atoms with Crippen molar-refractivity contribution in [2.75, 3.05) is 0 Å². The molecule has 0 atom stereocenters. The van der Waals surface area contributed by atoms with Crippen LogP contribution in [0, 0.1) is 0 Å². The molecule has 2 nitrogen and oxygen atoms in total. The normalized spacial score (nSPS) is 1.33. The maximum Gasteiger partial charge on any atom is 0.549 e.